The van der Waals surface area contributed by atoms with Crippen molar-refractivity contribution in [1.29, 1.82) is 0 Å². The molecule has 0 aliphatic carbocycles. The molecule has 1 saturated heterocycles. The van der Waals surface area contributed by atoms with Crippen LogP contribution < -0.4 is 4.90 Å². The van der Waals surface area contributed by atoms with E-state index in [4.69, 9.17) is 9.72 Å². The lowest BCUT2D eigenvalue weighted by atomic mass is 10.0. The average molecular weight is 356 g/mol. The van der Waals surface area contributed by atoms with Gasteiger partial charge in [0.2, 0.25) is 0 Å². The third kappa shape index (κ3) is 2.43. The van der Waals surface area contributed by atoms with E-state index in [1.807, 2.05) is 11.4 Å². The van der Waals surface area contributed by atoms with Crippen molar-refractivity contribution in [2.24, 2.45) is 0 Å². The molecule has 0 spiro atoms. The molecule has 25 heavy (non-hydrogen) atoms. The molecule has 5 rings (SSSR count). The van der Waals surface area contributed by atoms with E-state index < -0.39 is 0 Å². The molecule has 8 heteroatoms. The molecule has 2 aliphatic heterocycles. The van der Waals surface area contributed by atoms with Crippen molar-refractivity contribution in [2.45, 2.75) is 39.2 Å². The van der Waals surface area contributed by atoms with Crippen LogP contribution in [0.15, 0.2) is 6.33 Å². The van der Waals surface area contributed by atoms with Gasteiger partial charge >= 0.3 is 0 Å². The zero-order valence-corrected chi connectivity index (χ0v) is 15.2. The Morgan fingerprint density at radius 2 is 2.20 bits per heavy atom. The quantitative estimate of drug-likeness (QED) is 0.702. The molecule has 0 aromatic carbocycles. The average Bonchev–Trinajstić information content (AvgIpc) is 3.32. The number of rotatable bonds is 2. The van der Waals surface area contributed by atoms with E-state index in [9.17, 15) is 0 Å². The number of anilines is 1. The maximum atomic E-state index is 5.59. The van der Waals surface area contributed by atoms with Crippen LogP contribution in [0.25, 0.3) is 5.52 Å². The molecule has 1 fully saturated rings. The predicted octanol–water partition coefficient (Wildman–Crippen LogP) is 2.26. The molecule has 0 saturated carbocycles. The minimum absolute atomic E-state index is 0.333. The minimum Gasteiger partial charge on any atom is -0.381 e. The van der Waals surface area contributed by atoms with Crippen LogP contribution in [0.5, 0.6) is 0 Å². The van der Waals surface area contributed by atoms with Crippen molar-refractivity contribution in [1.82, 2.24) is 24.6 Å². The van der Waals surface area contributed by atoms with Crippen molar-refractivity contribution in [3.8, 4) is 0 Å². The molecule has 1 unspecified atom stereocenters. The first-order chi connectivity index (χ1) is 12.2. The first kappa shape index (κ1) is 15.2. The van der Waals surface area contributed by atoms with Crippen molar-refractivity contribution in [2.75, 3.05) is 24.7 Å². The molecule has 3 aromatic heterocycles. The maximum absolute atomic E-state index is 5.59. The van der Waals surface area contributed by atoms with Crippen LogP contribution in [-0.4, -0.2) is 44.3 Å². The molecule has 3 aromatic rings. The fourth-order valence-corrected chi connectivity index (χ4v) is 4.86. The Bertz CT molecular complexity index is 942. The minimum atomic E-state index is 0.333. The van der Waals surface area contributed by atoms with E-state index in [-0.39, 0.29) is 0 Å². The highest BCUT2D eigenvalue weighted by Gasteiger charge is 2.29. The SMILES string of the molecule is Cc1nc2c(s1)CN(c1ncnn3c(C)nc(C4CCOC4)c13)CC2. The first-order valence-corrected chi connectivity index (χ1v) is 9.50. The zero-order valence-electron chi connectivity index (χ0n) is 14.4. The summed E-state index contributed by atoms with van der Waals surface area (Å²) in [5.74, 6) is 2.22. The second kappa shape index (κ2) is 5.74. The van der Waals surface area contributed by atoms with Gasteiger partial charge in [0.05, 0.1) is 29.5 Å². The molecule has 0 bridgehead atoms. The largest absolute Gasteiger partial charge is 0.381 e. The Kier molecular flexibility index (Phi) is 3.49. The highest BCUT2D eigenvalue weighted by molar-refractivity contribution is 7.11. The lowest BCUT2D eigenvalue weighted by Crippen LogP contribution is -2.31. The molecule has 2 aliphatic rings. The van der Waals surface area contributed by atoms with Gasteiger partial charge in [0.1, 0.15) is 17.7 Å². The second-order valence-electron chi connectivity index (χ2n) is 6.72. The second-order valence-corrected chi connectivity index (χ2v) is 8.01. The van der Waals surface area contributed by atoms with E-state index >= 15 is 0 Å². The maximum Gasteiger partial charge on any atom is 0.158 e. The summed E-state index contributed by atoms with van der Waals surface area (Å²) in [7, 11) is 0. The first-order valence-electron chi connectivity index (χ1n) is 8.69. The Balaban J connectivity index is 1.61. The van der Waals surface area contributed by atoms with Crippen molar-refractivity contribution >= 4 is 22.7 Å². The van der Waals surface area contributed by atoms with Crippen LogP contribution in [0.1, 0.15) is 39.4 Å². The van der Waals surface area contributed by atoms with Crippen molar-refractivity contribution in [3.05, 3.63) is 33.4 Å². The summed E-state index contributed by atoms with van der Waals surface area (Å²) in [4.78, 5) is 17.8. The van der Waals surface area contributed by atoms with E-state index in [0.29, 0.717) is 5.92 Å². The lowest BCUT2D eigenvalue weighted by Gasteiger charge is -2.27. The normalized spacial score (nSPS) is 20.4. The molecule has 7 nitrogen and oxygen atoms in total. The number of ether oxygens (including phenoxy) is 1. The summed E-state index contributed by atoms with van der Waals surface area (Å²) < 4.78 is 7.53. The van der Waals surface area contributed by atoms with Gasteiger partial charge in [-0.25, -0.2) is 19.5 Å². The van der Waals surface area contributed by atoms with Crippen molar-refractivity contribution in [3.63, 3.8) is 0 Å². The van der Waals surface area contributed by atoms with Gasteiger partial charge in [-0.1, -0.05) is 0 Å². The van der Waals surface area contributed by atoms with Crippen LogP contribution in [0.4, 0.5) is 5.82 Å². The number of aromatic nitrogens is 5. The predicted molar refractivity (Wildman–Crippen MR) is 95.3 cm³/mol. The van der Waals surface area contributed by atoms with Crippen molar-refractivity contribution < 1.29 is 4.74 Å². The molecule has 0 radical (unpaired) electrons. The van der Waals surface area contributed by atoms with Crippen LogP contribution in [0, 0.1) is 13.8 Å². The Hall–Kier alpha value is -2.06. The monoisotopic (exact) mass is 356 g/mol. The zero-order chi connectivity index (χ0) is 17.0. The number of hydrogen-bond donors (Lipinski definition) is 0. The van der Waals surface area contributed by atoms with Gasteiger partial charge in [0.15, 0.2) is 5.82 Å². The highest BCUT2D eigenvalue weighted by atomic mass is 32.1. The van der Waals surface area contributed by atoms with Gasteiger partial charge in [-0.2, -0.15) is 5.10 Å². The highest BCUT2D eigenvalue weighted by Crippen LogP contribution is 2.34. The van der Waals surface area contributed by atoms with Gasteiger partial charge in [-0.15, -0.1) is 11.3 Å². The summed E-state index contributed by atoms with van der Waals surface area (Å²) in [6, 6.07) is 0. The van der Waals surface area contributed by atoms with E-state index in [2.05, 4.69) is 26.9 Å². The van der Waals surface area contributed by atoms with Crippen LogP contribution >= 0.6 is 11.3 Å². The number of hydrogen-bond acceptors (Lipinski definition) is 7. The fraction of sp³-hybridized carbons (Fsp3) is 0.529. The number of fused-ring (bicyclic) bond motifs is 2. The van der Waals surface area contributed by atoms with Gasteiger partial charge in [-0.05, 0) is 20.3 Å². The molecule has 0 N–H and O–H groups in total. The molecule has 0 amide bonds. The molecule has 1 atom stereocenters. The Labute approximate surface area is 149 Å². The Morgan fingerprint density at radius 3 is 3.04 bits per heavy atom. The fourth-order valence-electron chi connectivity index (χ4n) is 3.86. The van der Waals surface area contributed by atoms with E-state index in [1.165, 1.54) is 10.6 Å². The molecule has 5 heterocycles. The number of thiazole rings is 1. The van der Waals surface area contributed by atoms with Gasteiger partial charge in [-0.3, -0.25) is 0 Å². The number of nitrogens with zero attached hydrogens (tertiary/aromatic N) is 6. The van der Waals surface area contributed by atoms with Gasteiger partial charge in [0.25, 0.3) is 0 Å². The Morgan fingerprint density at radius 1 is 1.28 bits per heavy atom. The van der Waals surface area contributed by atoms with E-state index in [0.717, 1.165) is 67.0 Å². The lowest BCUT2D eigenvalue weighted by molar-refractivity contribution is 0.193. The smallest absolute Gasteiger partial charge is 0.158 e. The summed E-state index contributed by atoms with van der Waals surface area (Å²) in [6.07, 6.45) is 3.61. The van der Waals surface area contributed by atoms with Crippen LogP contribution in [-0.2, 0) is 17.7 Å². The number of aryl methyl sites for hydroxylation is 2. The van der Waals surface area contributed by atoms with Crippen LogP contribution in [0.3, 0.4) is 0 Å². The summed E-state index contributed by atoms with van der Waals surface area (Å²) >= 11 is 1.79. The topological polar surface area (TPSA) is 68.4 Å². The summed E-state index contributed by atoms with van der Waals surface area (Å²) in [5.41, 5.74) is 3.37. The third-order valence-corrected chi connectivity index (χ3v) is 6.05. The van der Waals surface area contributed by atoms with E-state index in [1.54, 1.807) is 17.7 Å². The molecular weight excluding hydrogens is 336 g/mol. The number of imidazole rings is 1. The summed E-state index contributed by atoms with van der Waals surface area (Å²) in [6.45, 7) is 7.41. The summed E-state index contributed by atoms with van der Waals surface area (Å²) in [5, 5.41) is 5.58. The van der Waals surface area contributed by atoms with Crippen LogP contribution in [0.2, 0.25) is 0 Å². The standard InChI is InChI=1S/C17H20N6OS/c1-10-20-15(12-4-6-24-8-12)16-17(18-9-19-23(10)16)22-5-3-13-14(7-22)25-11(2)21-13/h9,12H,3-8H2,1-2H3. The molecular formula is C17H20N6OS. The third-order valence-electron chi connectivity index (χ3n) is 5.06. The molecule has 130 valence electrons. The van der Waals surface area contributed by atoms with Gasteiger partial charge < -0.3 is 9.64 Å². The van der Waals surface area contributed by atoms with Gasteiger partial charge in [0, 0.05) is 30.4 Å².